The van der Waals surface area contributed by atoms with Gasteiger partial charge in [0.1, 0.15) is 5.76 Å². The number of nitrogens with zero attached hydrogens (tertiary/aromatic N) is 1. The molecule has 0 aliphatic carbocycles. The van der Waals surface area contributed by atoms with Crippen LogP contribution in [-0.2, 0) is 4.79 Å². The Hall–Kier alpha value is -2.17. The summed E-state index contributed by atoms with van der Waals surface area (Å²) in [5.41, 5.74) is 5.05. The summed E-state index contributed by atoms with van der Waals surface area (Å²) in [7, 11) is 0. The van der Waals surface area contributed by atoms with E-state index >= 15 is 0 Å². The number of aliphatic hydroxyl groups is 1. The molecule has 0 spiro atoms. The number of carbonyl (C=O) groups excluding carboxylic acids is 1. The molecule has 5 nitrogen and oxygen atoms in total. The average molecular weight is 220 g/mol. The van der Waals surface area contributed by atoms with Gasteiger partial charge in [0.15, 0.2) is 0 Å². The van der Waals surface area contributed by atoms with E-state index in [-0.39, 0.29) is 0 Å². The summed E-state index contributed by atoms with van der Waals surface area (Å²) < 4.78 is 0. The maximum atomic E-state index is 10.8. The Morgan fingerprint density at radius 1 is 1.38 bits per heavy atom. The SMILES string of the molecule is CC(C(O)=C(N=O)C(N)=O)c1ccccc1. The summed E-state index contributed by atoms with van der Waals surface area (Å²) in [6.07, 6.45) is 0. The second-order valence-corrected chi connectivity index (χ2v) is 3.32. The number of hydrogen-bond acceptors (Lipinski definition) is 4. The third kappa shape index (κ3) is 2.44. The summed E-state index contributed by atoms with van der Waals surface area (Å²) in [5, 5.41) is 12.1. The van der Waals surface area contributed by atoms with Crippen LogP contribution in [0.5, 0.6) is 0 Å². The predicted molar refractivity (Wildman–Crippen MR) is 59.5 cm³/mol. The fraction of sp³-hybridized carbons (Fsp3) is 0.182. The van der Waals surface area contributed by atoms with E-state index in [1.165, 1.54) is 0 Å². The Bertz CT molecular complexity index is 426. The van der Waals surface area contributed by atoms with E-state index in [1.807, 2.05) is 6.07 Å². The third-order valence-corrected chi connectivity index (χ3v) is 2.28. The number of primary amides is 1. The Kier molecular flexibility index (Phi) is 3.77. The third-order valence-electron chi connectivity index (χ3n) is 2.28. The fourth-order valence-electron chi connectivity index (χ4n) is 1.32. The summed E-state index contributed by atoms with van der Waals surface area (Å²) in [5.74, 6) is -1.94. The molecule has 0 aromatic heterocycles. The van der Waals surface area contributed by atoms with Gasteiger partial charge < -0.3 is 10.8 Å². The minimum absolute atomic E-state index is 0.409. The molecule has 0 heterocycles. The average Bonchev–Trinajstić information content (AvgIpc) is 2.29. The molecule has 1 rings (SSSR count). The zero-order valence-electron chi connectivity index (χ0n) is 8.75. The number of nitroso groups, excluding NO2 is 1. The Labute approximate surface area is 92.6 Å². The van der Waals surface area contributed by atoms with Gasteiger partial charge in [-0.25, -0.2) is 0 Å². The van der Waals surface area contributed by atoms with Crippen LogP contribution in [0.4, 0.5) is 0 Å². The minimum Gasteiger partial charge on any atom is -0.509 e. The van der Waals surface area contributed by atoms with Crippen LogP contribution in [0.3, 0.4) is 0 Å². The second kappa shape index (κ2) is 5.06. The molecule has 0 saturated carbocycles. The van der Waals surface area contributed by atoms with Crippen molar-refractivity contribution in [3.63, 3.8) is 0 Å². The zero-order valence-corrected chi connectivity index (χ0v) is 8.75. The van der Waals surface area contributed by atoms with Crippen molar-refractivity contribution in [1.82, 2.24) is 0 Å². The first-order valence-electron chi connectivity index (χ1n) is 4.69. The Morgan fingerprint density at radius 3 is 2.38 bits per heavy atom. The molecule has 1 unspecified atom stereocenters. The molecule has 0 radical (unpaired) electrons. The molecular weight excluding hydrogens is 208 g/mol. The normalized spacial score (nSPS) is 13.8. The van der Waals surface area contributed by atoms with Gasteiger partial charge in [-0.1, -0.05) is 37.3 Å². The molecule has 1 atom stereocenters. The molecule has 5 heteroatoms. The molecule has 0 fully saturated rings. The van der Waals surface area contributed by atoms with Gasteiger partial charge in [-0.05, 0) is 10.7 Å². The summed E-state index contributed by atoms with van der Waals surface area (Å²) >= 11 is 0. The van der Waals surface area contributed by atoms with Crippen molar-refractivity contribution in [2.45, 2.75) is 12.8 Å². The minimum atomic E-state index is -1.03. The standard InChI is InChI=1S/C11H12N2O3/c1-7(8-5-3-2-4-6-8)10(14)9(13-16)11(12)15/h2-7,14H,1H3,(H2,12,15). The molecule has 1 aromatic rings. The van der Waals surface area contributed by atoms with Crippen LogP contribution in [0, 0.1) is 4.91 Å². The monoisotopic (exact) mass is 220 g/mol. The quantitative estimate of drug-likeness (QED) is 0.460. The van der Waals surface area contributed by atoms with E-state index in [0.29, 0.717) is 0 Å². The molecule has 0 aliphatic rings. The van der Waals surface area contributed by atoms with Gasteiger partial charge in [0.25, 0.3) is 5.91 Å². The van der Waals surface area contributed by atoms with E-state index in [9.17, 15) is 14.8 Å². The smallest absolute Gasteiger partial charge is 0.274 e. The van der Waals surface area contributed by atoms with Crippen LogP contribution in [0.15, 0.2) is 47.0 Å². The second-order valence-electron chi connectivity index (χ2n) is 3.32. The number of rotatable bonds is 4. The molecule has 1 amide bonds. The summed E-state index contributed by atoms with van der Waals surface area (Å²) in [6, 6.07) is 8.94. The van der Waals surface area contributed by atoms with Crippen LogP contribution in [0.2, 0.25) is 0 Å². The van der Waals surface area contributed by atoms with Crippen LogP contribution in [0.25, 0.3) is 0 Å². The van der Waals surface area contributed by atoms with Crippen molar-refractivity contribution in [2.75, 3.05) is 0 Å². The highest BCUT2D eigenvalue weighted by Crippen LogP contribution is 2.24. The van der Waals surface area contributed by atoms with Gasteiger partial charge in [0.2, 0.25) is 5.70 Å². The number of aliphatic hydroxyl groups excluding tert-OH is 1. The van der Waals surface area contributed by atoms with Crippen molar-refractivity contribution < 1.29 is 9.90 Å². The van der Waals surface area contributed by atoms with Gasteiger partial charge in [0, 0.05) is 5.92 Å². The van der Waals surface area contributed by atoms with E-state index < -0.39 is 23.3 Å². The highest BCUT2D eigenvalue weighted by atomic mass is 16.3. The number of carbonyl (C=O) groups is 1. The summed E-state index contributed by atoms with van der Waals surface area (Å²) in [4.78, 5) is 21.2. The van der Waals surface area contributed by atoms with Crippen LogP contribution in [-0.4, -0.2) is 11.0 Å². The maximum absolute atomic E-state index is 10.8. The first-order chi connectivity index (χ1) is 7.57. The highest BCUT2D eigenvalue weighted by Gasteiger charge is 2.19. The van der Waals surface area contributed by atoms with Gasteiger partial charge in [0.05, 0.1) is 0 Å². The van der Waals surface area contributed by atoms with E-state index in [4.69, 9.17) is 5.73 Å². The largest absolute Gasteiger partial charge is 0.509 e. The lowest BCUT2D eigenvalue weighted by molar-refractivity contribution is -0.114. The molecule has 3 N–H and O–H groups in total. The van der Waals surface area contributed by atoms with Gasteiger partial charge in [-0.3, -0.25) is 4.79 Å². The molecular formula is C11H12N2O3. The van der Waals surface area contributed by atoms with Gasteiger partial charge in [-0.15, -0.1) is 4.91 Å². The van der Waals surface area contributed by atoms with Crippen LogP contribution in [0.1, 0.15) is 18.4 Å². The molecule has 1 aromatic carbocycles. The number of hydrogen-bond donors (Lipinski definition) is 2. The van der Waals surface area contributed by atoms with E-state index in [1.54, 1.807) is 31.2 Å². The highest BCUT2D eigenvalue weighted by molar-refractivity contribution is 5.92. The van der Waals surface area contributed by atoms with Gasteiger partial charge >= 0.3 is 0 Å². The molecule has 0 saturated heterocycles. The van der Waals surface area contributed by atoms with E-state index in [2.05, 4.69) is 5.18 Å². The topological polar surface area (TPSA) is 92.8 Å². The Morgan fingerprint density at radius 2 is 1.94 bits per heavy atom. The van der Waals surface area contributed by atoms with Crippen LogP contribution < -0.4 is 5.73 Å². The first kappa shape index (κ1) is 11.9. The maximum Gasteiger partial charge on any atom is 0.274 e. The lowest BCUT2D eigenvalue weighted by Crippen LogP contribution is -2.16. The van der Waals surface area contributed by atoms with Crippen molar-refractivity contribution in [2.24, 2.45) is 10.9 Å². The van der Waals surface area contributed by atoms with Gasteiger partial charge in [-0.2, -0.15) is 0 Å². The van der Waals surface area contributed by atoms with E-state index in [0.717, 1.165) is 5.56 Å². The molecule has 16 heavy (non-hydrogen) atoms. The Balaban J connectivity index is 3.11. The van der Waals surface area contributed by atoms with Crippen LogP contribution >= 0.6 is 0 Å². The fourth-order valence-corrected chi connectivity index (χ4v) is 1.32. The summed E-state index contributed by atoms with van der Waals surface area (Å²) in [6.45, 7) is 1.65. The predicted octanol–water partition coefficient (Wildman–Crippen LogP) is 1.81. The number of nitrogens with two attached hydrogens (primary N) is 1. The van der Waals surface area contributed by atoms with Crippen molar-refractivity contribution in [3.05, 3.63) is 52.3 Å². The first-order valence-corrected chi connectivity index (χ1v) is 4.69. The van der Waals surface area contributed by atoms with Crippen molar-refractivity contribution in [3.8, 4) is 0 Å². The molecule has 0 bridgehead atoms. The number of amides is 1. The van der Waals surface area contributed by atoms with Crippen molar-refractivity contribution >= 4 is 5.91 Å². The lowest BCUT2D eigenvalue weighted by Gasteiger charge is -2.11. The number of benzene rings is 1. The van der Waals surface area contributed by atoms with Crippen molar-refractivity contribution in [1.29, 1.82) is 0 Å². The molecule has 84 valence electrons. The lowest BCUT2D eigenvalue weighted by atomic mass is 9.98. The zero-order chi connectivity index (χ0) is 12.1. The number of allylic oxidation sites excluding steroid dienone is 1. The molecule has 0 aliphatic heterocycles.